The first-order chi connectivity index (χ1) is 11.0. The molecule has 3 unspecified atom stereocenters. The Morgan fingerprint density at radius 2 is 2.13 bits per heavy atom. The first kappa shape index (κ1) is 18.3. The molecule has 1 aromatic rings. The molecule has 3 atom stereocenters. The van der Waals surface area contributed by atoms with Gasteiger partial charge in [0.05, 0.1) is 5.92 Å². The van der Waals surface area contributed by atoms with E-state index in [0.717, 1.165) is 0 Å². The zero-order valence-electron chi connectivity index (χ0n) is 13.0. The molecule has 0 aliphatic carbocycles. The van der Waals surface area contributed by atoms with E-state index in [1.165, 1.54) is 24.8 Å². The molecule has 1 heterocycles. The van der Waals surface area contributed by atoms with Crippen LogP contribution in [0.4, 0.5) is 4.39 Å². The molecule has 1 fully saturated rings. The highest BCUT2D eigenvalue weighted by Gasteiger charge is 2.38. The molecule has 2 rings (SSSR count). The number of esters is 1. The van der Waals surface area contributed by atoms with E-state index in [2.05, 4.69) is 0 Å². The molecule has 1 aliphatic rings. The molecule has 0 spiro atoms. The van der Waals surface area contributed by atoms with Gasteiger partial charge in [-0.2, -0.15) is 0 Å². The topological polar surface area (TPSA) is 43.4 Å². The van der Waals surface area contributed by atoms with E-state index in [-0.39, 0.29) is 28.3 Å². The lowest BCUT2D eigenvalue weighted by molar-refractivity contribution is -0.142. The van der Waals surface area contributed by atoms with Crippen LogP contribution < -0.4 is 0 Å². The van der Waals surface area contributed by atoms with Crippen LogP contribution in [0.1, 0.15) is 44.1 Å². The van der Waals surface area contributed by atoms with Crippen LogP contribution in [-0.4, -0.2) is 28.3 Å². The maximum atomic E-state index is 14.2. The lowest BCUT2D eigenvalue weighted by Gasteiger charge is -2.23. The third-order valence-electron chi connectivity index (χ3n) is 3.83. The Bertz CT molecular complexity index is 567. The third-order valence-corrected chi connectivity index (χ3v) is 5.59. The summed E-state index contributed by atoms with van der Waals surface area (Å²) in [5.41, 5.74) is 0.167. The number of ketones is 1. The number of hydrogen-bond donors (Lipinski definition) is 0. The van der Waals surface area contributed by atoms with Crippen LogP contribution in [0.15, 0.2) is 24.3 Å². The summed E-state index contributed by atoms with van der Waals surface area (Å²) in [6, 6.07) is 6.39. The highest BCUT2D eigenvalue weighted by atomic mass is 35.5. The second-order valence-corrected chi connectivity index (χ2v) is 7.33. The van der Waals surface area contributed by atoms with Crippen molar-refractivity contribution in [2.75, 3.05) is 5.88 Å². The Morgan fingerprint density at radius 1 is 1.39 bits per heavy atom. The van der Waals surface area contributed by atoms with Crippen LogP contribution in [0.2, 0.25) is 0 Å². The molecular formula is C17H20ClFO3S. The van der Waals surface area contributed by atoms with Crippen molar-refractivity contribution in [3.05, 3.63) is 35.6 Å². The van der Waals surface area contributed by atoms with Gasteiger partial charge in [0.15, 0.2) is 0 Å². The van der Waals surface area contributed by atoms with Crippen molar-refractivity contribution in [2.24, 2.45) is 0 Å². The Morgan fingerprint density at radius 3 is 2.78 bits per heavy atom. The van der Waals surface area contributed by atoms with Crippen molar-refractivity contribution in [1.82, 2.24) is 0 Å². The number of benzene rings is 1. The van der Waals surface area contributed by atoms with E-state index in [0.29, 0.717) is 37.1 Å². The third kappa shape index (κ3) is 4.95. The summed E-state index contributed by atoms with van der Waals surface area (Å²) in [7, 11) is 0. The van der Waals surface area contributed by atoms with Gasteiger partial charge in [0.1, 0.15) is 17.0 Å². The van der Waals surface area contributed by atoms with Crippen molar-refractivity contribution >= 4 is 35.1 Å². The highest BCUT2D eigenvalue weighted by molar-refractivity contribution is 8.00. The van der Waals surface area contributed by atoms with Gasteiger partial charge in [0.2, 0.25) is 0 Å². The Balaban J connectivity index is 2.19. The van der Waals surface area contributed by atoms with Crippen molar-refractivity contribution in [1.29, 1.82) is 0 Å². The van der Waals surface area contributed by atoms with E-state index in [1.807, 2.05) is 0 Å². The summed E-state index contributed by atoms with van der Waals surface area (Å²) in [5, 5.41) is -0.0842. The number of ether oxygens (including phenoxy) is 1. The number of carbonyl (C=O) groups excluding carboxylic acids is 2. The molecular weight excluding hydrogens is 339 g/mol. The number of thioether (sulfide) groups is 1. The molecule has 23 heavy (non-hydrogen) atoms. The fourth-order valence-corrected chi connectivity index (χ4v) is 4.57. The lowest BCUT2D eigenvalue weighted by atomic mass is 9.87. The molecule has 0 aromatic heterocycles. The SMILES string of the molecule is CC(=O)OC1CCC(C(C(=O)CCCCl)c2ccccc2F)S1. The highest BCUT2D eigenvalue weighted by Crippen LogP contribution is 2.43. The molecule has 1 aliphatic heterocycles. The van der Waals surface area contributed by atoms with Gasteiger partial charge in [-0.15, -0.1) is 23.4 Å². The summed E-state index contributed by atoms with van der Waals surface area (Å²) in [5.74, 6) is -0.821. The molecule has 0 N–H and O–H groups in total. The fraction of sp³-hybridized carbons (Fsp3) is 0.529. The number of carbonyl (C=O) groups is 2. The van der Waals surface area contributed by atoms with Crippen LogP contribution in [-0.2, 0) is 14.3 Å². The van der Waals surface area contributed by atoms with Gasteiger partial charge < -0.3 is 4.74 Å². The predicted molar refractivity (Wildman–Crippen MR) is 90.3 cm³/mol. The minimum absolute atomic E-state index is 0.00303. The summed E-state index contributed by atoms with van der Waals surface area (Å²) >= 11 is 7.13. The zero-order valence-corrected chi connectivity index (χ0v) is 14.5. The quantitative estimate of drug-likeness (QED) is 0.539. The van der Waals surface area contributed by atoms with Crippen molar-refractivity contribution in [3.8, 4) is 0 Å². The largest absolute Gasteiger partial charge is 0.451 e. The van der Waals surface area contributed by atoms with Crippen LogP contribution in [0, 0.1) is 5.82 Å². The number of alkyl halides is 1. The summed E-state index contributed by atoms with van der Waals surface area (Å²) in [6.45, 7) is 1.37. The normalized spacial score (nSPS) is 21.9. The number of rotatable bonds is 7. The molecule has 0 bridgehead atoms. The van der Waals surface area contributed by atoms with E-state index in [1.54, 1.807) is 18.2 Å². The molecule has 126 valence electrons. The van der Waals surface area contributed by atoms with Gasteiger partial charge in [-0.25, -0.2) is 4.39 Å². The Kier molecular flexibility index (Phi) is 6.90. The first-order valence-corrected chi connectivity index (χ1v) is 9.16. The van der Waals surface area contributed by atoms with Crippen LogP contribution in [0.25, 0.3) is 0 Å². The van der Waals surface area contributed by atoms with Crippen molar-refractivity contribution in [3.63, 3.8) is 0 Å². The minimum Gasteiger partial charge on any atom is -0.451 e. The van der Waals surface area contributed by atoms with E-state index in [4.69, 9.17) is 16.3 Å². The molecule has 1 saturated heterocycles. The maximum absolute atomic E-state index is 14.2. The number of Topliss-reactive ketones (excluding diaryl/α,β-unsaturated/α-hetero) is 1. The molecule has 0 radical (unpaired) electrons. The predicted octanol–water partition coefficient (Wildman–Crippen LogP) is 4.28. The standard InChI is InChI=1S/C17H20ClFO3S/c1-11(20)22-16-9-8-15(23-16)17(14(21)7-4-10-18)12-5-2-3-6-13(12)19/h2-3,5-6,15-17H,4,7-10H2,1H3. The van der Waals surface area contributed by atoms with Gasteiger partial charge in [-0.05, 0) is 30.9 Å². The molecule has 0 saturated carbocycles. The number of hydrogen-bond acceptors (Lipinski definition) is 4. The average molecular weight is 359 g/mol. The fourth-order valence-electron chi connectivity index (χ4n) is 2.85. The number of halogens is 2. The van der Waals surface area contributed by atoms with Crippen molar-refractivity contribution < 1.29 is 18.7 Å². The summed E-state index contributed by atoms with van der Waals surface area (Å²) < 4.78 is 19.4. The molecule has 3 nitrogen and oxygen atoms in total. The van der Waals surface area contributed by atoms with E-state index < -0.39 is 5.92 Å². The zero-order chi connectivity index (χ0) is 16.8. The first-order valence-electron chi connectivity index (χ1n) is 7.68. The van der Waals surface area contributed by atoms with E-state index >= 15 is 0 Å². The van der Waals surface area contributed by atoms with Gasteiger partial charge >= 0.3 is 5.97 Å². The van der Waals surface area contributed by atoms with E-state index in [9.17, 15) is 14.0 Å². The van der Waals surface area contributed by atoms with Crippen LogP contribution in [0.5, 0.6) is 0 Å². The van der Waals surface area contributed by atoms with Crippen LogP contribution in [0.3, 0.4) is 0 Å². The average Bonchev–Trinajstić information content (AvgIpc) is 2.94. The van der Waals surface area contributed by atoms with Gasteiger partial charge in [-0.3, -0.25) is 9.59 Å². The van der Waals surface area contributed by atoms with Gasteiger partial charge in [-0.1, -0.05) is 18.2 Å². The monoisotopic (exact) mass is 358 g/mol. The smallest absolute Gasteiger partial charge is 0.303 e. The molecule has 1 aromatic carbocycles. The molecule has 6 heteroatoms. The maximum Gasteiger partial charge on any atom is 0.303 e. The summed E-state index contributed by atoms with van der Waals surface area (Å²) in [6.07, 6.45) is 2.31. The van der Waals surface area contributed by atoms with Gasteiger partial charge in [0.25, 0.3) is 0 Å². The second-order valence-electron chi connectivity index (χ2n) is 5.55. The van der Waals surface area contributed by atoms with Crippen LogP contribution >= 0.6 is 23.4 Å². The lowest BCUT2D eigenvalue weighted by Crippen LogP contribution is -2.24. The molecule has 0 amide bonds. The minimum atomic E-state index is -0.523. The second kappa shape index (κ2) is 8.69. The Labute approximate surface area is 144 Å². The Hall–Kier alpha value is -1.07. The van der Waals surface area contributed by atoms with Crippen molar-refractivity contribution in [2.45, 2.75) is 49.2 Å². The van der Waals surface area contributed by atoms with Gasteiger partial charge in [0, 0.05) is 24.5 Å². The summed E-state index contributed by atoms with van der Waals surface area (Å²) in [4.78, 5) is 23.7.